The molecule has 0 fully saturated rings. The fraction of sp³-hybridized carbons (Fsp3) is 0.0769. The first kappa shape index (κ1) is 13.0. The number of rotatable bonds is 4. The molecule has 0 aliphatic carbocycles. The molecule has 5 nitrogen and oxygen atoms in total. The first-order valence-corrected chi connectivity index (χ1v) is 7.65. The first-order chi connectivity index (χ1) is 9.74. The largest absolute Gasteiger partial charge is 0.269 e. The number of nitro benzene ring substituents is 1. The summed E-state index contributed by atoms with van der Waals surface area (Å²) < 4.78 is 0. The quantitative estimate of drug-likeness (QED) is 0.316. The van der Waals surface area contributed by atoms with Crippen LogP contribution in [-0.4, -0.2) is 14.9 Å². The summed E-state index contributed by atoms with van der Waals surface area (Å²) in [5.74, 6) is 0.722. The van der Waals surface area contributed by atoms with Gasteiger partial charge in [-0.25, -0.2) is 9.97 Å². The number of thioether (sulfide) groups is 1. The van der Waals surface area contributed by atoms with Crippen molar-refractivity contribution in [1.82, 2.24) is 9.97 Å². The molecule has 0 saturated carbocycles. The second-order valence-electron chi connectivity index (χ2n) is 4.03. The minimum Gasteiger partial charge on any atom is -0.258 e. The summed E-state index contributed by atoms with van der Waals surface area (Å²) in [6.45, 7) is 0. The molecule has 20 heavy (non-hydrogen) atoms. The van der Waals surface area contributed by atoms with E-state index in [9.17, 15) is 10.1 Å². The van der Waals surface area contributed by atoms with Gasteiger partial charge in [-0.05, 0) is 17.0 Å². The monoisotopic (exact) mass is 303 g/mol. The zero-order valence-corrected chi connectivity index (χ0v) is 11.9. The maximum atomic E-state index is 10.6. The highest BCUT2D eigenvalue weighted by Gasteiger charge is 2.07. The summed E-state index contributed by atoms with van der Waals surface area (Å²) in [6, 6.07) is 8.61. The number of nitro groups is 1. The summed E-state index contributed by atoms with van der Waals surface area (Å²) >= 11 is 3.20. The van der Waals surface area contributed by atoms with E-state index >= 15 is 0 Å². The Morgan fingerprint density at radius 1 is 1.20 bits per heavy atom. The van der Waals surface area contributed by atoms with Gasteiger partial charge in [0.25, 0.3) is 5.69 Å². The number of benzene rings is 1. The molecule has 0 bridgehead atoms. The average Bonchev–Trinajstić information content (AvgIpc) is 2.94. The second-order valence-corrected chi connectivity index (χ2v) is 5.89. The molecule has 3 aromatic rings. The van der Waals surface area contributed by atoms with Crippen molar-refractivity contribution < 1.29 is 4.92 Å². The molecule has 1 aromatic carbocycles. The van der Waals surface area contributed by atoms with Gasteiger partial charge in [-0.2, -0.15) is 0 Å². The summed E-state index contributed by atoms with van der Waals surface area (Å²) in [5, 5.41) is 14.6. The highest BCUT2D eigenvalue weighted by Crippen LogP contribution is 2.30. The van der Waals surface area contributed by atoms with Gasteiger partial charge in [0.2, 0.25) is 0 Å². The minimum absolute atomic E-state index is 0.112. The van der Waals surface area contributed by atoms with Crippen molar-refractivity contribution in [2.75, 3.05) is 0 Å². The van der Waals surface area contributed by atoms with Gasteiger partial charge in [-0.3, -0.25) is 10.1 Å². The average molecular weight is 303 g/mol. The number of nitrogens with zero attached hydrogens (tertiary/aromatic N) is 3. The summed E-state index contributed by atoms with van der Waals surface area (Å²) in [4.78, 5) is 19.7. The van der Waals surface area contributed by atoms with E-state index in [1.165, 1.54) is 12.1 Å². The Morgan fingerprint density at radius 2 is 2.00 bits per heavy atom. The van der Waals surface area contributed by atoms with E-state index in [1.807, 2.05) is 11.4 Å². The highest BCUT2D eigenvalue weighted by atomic mass is 32.2. The van der Waals surface area contributed by atoms with Gasteiger partial charge in [0.1, 0.15) is 16.2 Å². The predicted molar refractivity (Wildman–Crippen MR) is 80.1 cm³/mol. The Hall–Kier alpha value is -1.99. The molecular formula is C13H9N3O2S2. The van der Waals surface area contributed by atoms with Crippen molar-refractivity contribution in [2.45, 2.75) is 10.8 Å². The van der Waals surface area contributed by atoms with Crippen LogP contribution in [0.15, 0.2) is 47.1 Å². The van der Waals surface area contributed by atoms with Crippen molar-refractivity contribution >= 4 is 39.0 Å². The molecule has 0 aliphatic heterocycles. The van der Waals surface area contributed by atoms with Crippen LogP contribution in [0.3, 0.4) is 0 Å². The van der Waals surface area contributed by atoms with Crippen molar-refractivity contribution in [3.8, 4) is 0 Å². The summed E-state index contributed by atoms with van der Waals surface area (Å²) in [6.07, 6.45) is 1.57. The SMILES string of the molecule is O=[N+]([O-])c1ccc(CSc2ncnc3sccc23)cc1. The van der Waals surface area contributed by atoms with E-state index < -0.39 is 4.92 Å². The Labute approximate surface area is 122 Å². The number of hydrogen-bond donors (Lipinski definition) is 0. The first-order valence-electron chi connectivity index (χ1n) is 5.78. The van der Waals surface area contributed by atoms with Gasteiger partial charge in [0.05, 0.1) is 4.92 Å². The molecule has 0 amide bonds. The maximum Gasteiger partial charge on any atom is 0.269 e. The third-order valence-electron chi connectivity index (χ3n) is 2.75. The Balaban J connectivity index is 1.76. The Morgan fingerprint density at radius 3 is 2.75 bits per heavy atom. The van der Waals surface area contributed by atoms with E-state index in [4.69, 9.17) is 0 Å². The Kier molecular flexibility index (Phi) is 3.62. The third-order valence-corrected chi connectivity index (χ3v) is 4.65. The molecule has 0 N–H and O–H groups in total. The van der Waals surface area contributed by atoms with Gasteiger partial charge >= 0.3 is 0 Å². The maximum absolute atomic E-state index is 10.6. The third kappa shape index (κ3) is 2.63. The zero-order chi connectivity index (χ0) is 13.9. The summed E-state index contributed by atoms with van der Waals surface area (Å²) in [7, 11) is 0. The van der Waals surface area contributed by atoms with Crippen LogP contribution in [0.1, 0.15) is 5.56 Å². The van der Waals surface area contributed by atoms with Crippen molar-refractivity contribution in [2.24, 2.45) is 0 Å². The van der Waals surface area contributed by atoms with Crippen LogP contribution in [0.2, 0.25) is 0 Å². The van der Waals surface area contributed by atoms with E-state index in [1.54, 1.807) is 41.6 Å². The lowest BCUT2D eigenvalue weighted by Gasteiger charge is -2.02. The molecule has 100 valence electrons. The molecule has 0 saturated heterocycles. The lowest BCUT2D eigenvalue weighted by molar-refractivity contribution is -0.384. The molecule has 2 aromatic heterocycles. The minimum atomic E-state index is -0.393. The van der Waals surface area contributed by atoms with E-state index in [0.29, 0.717) is 0 Å². The van der Waals surface area contributed by atoms with E-state index in [2.05, 4.69) is 9.97 Å². The lowest BCUT2D eigenvalue weighted by Crippen LogP contribution is -1.89. The molecule has 7 heteroatoms. The lowest BCUT2D eigenvalue weighted by atomic mass is 10.2. The molecule has 0 atom stereocenters. The topological polar surface area (TPSA) is 68.9 Å². The second kappa shape index (κ2) is 5.56. The van der Waals surface area contributed by atoms with Crippen LogP contribution in [0.4, 0.5) is 5.69 Å². The van der Waals surface area contributed by atoms with Crippen LogP contribution in [0, 0.1) is 10.1 Å². The number of fused-ring (bicyclic) bond motifs is 1. The predicted octanol–water partition coefficient (Wildman–Crippen LogP) is 3.89. The summed E-state index contributed by atoms with van der Waals surface area (Å²) in [5.41, 5.74) is 1.14. The van der Waals surface area contributed by atoms with E-state index in [-0.39, 0.29) is 5.69 Å². The molecule has 3 rings (SSSR count). The number of aromatic nitrogens is 2. The van der Waals surface area contributed by atoms with Crippen LogP contribution >= 0.6 is 23.1 Å². The standard InChI is InChI=1S/C13H9N3O2S2/c17-16(18)10-3-1-9(2-4-10)7-20-13-11-5-6-19-12(11)14-8-15-13/h1-6,8H,7H2. The number of non-ortho nitro benzene ring substituents is 1. The van der Waals surface area contributed by atoms with Gasteiger partial charge in [-0.1, -0.05) is 12.1 Å². The van der Waals surface area contributed by atoms with Crippen molar-refractivity contribution in [3.63, 3.8) is 0 Å². The van der Waals surface area contributed by atoms with Crippen LogP contribution in [0.25, 0.3) is 10.2 Å². The van der Waals surface area contributed by atoms with E-state index in [0.717, 1.165) is 26.6 Å². The van der Waals surface area contributed by atoms with Crippen LogP contribution in [0.5, 0.6) is 0 Å². The van der Waals surface area contributed by atoms with Gasteiger partial charge in [0, 0.05) is 23.3 Å². The van der Waals surface area contributed by atoms with Crippen LogP contribution < -0.4 is 0 Å². The van der Waals surface area contributed by atoms with Gasteiger partial charge in [-0.15, -0.1) is 23.1 Å². The molecular weight excluding hydrogens is 294 g/mol. The van der Waals surface area contributed by atoms with Crippen molar-refractivity contribution in [1.29, 1.82) is 0 Å². The molecule has 0 spiro atoms. The Bertz CT molecular complexity index is 756. The molecule has 0 aliphatic rings. The highest BCUT2D eigenvalue weighted by molar-refractivity contribution is 7.98. The van der Waals surface area contributed by atoms with Crippen LogP contribution in [-0.2, 0) is 5.75 Å². The molecule has 0 unspecified atom stereocenters. The fourth-order valence-corrected chi connectivity index (χ4v) is 3.48. The normalized spacial score (nSPS) is 10.8. The fourth-order valence-electron chi connectivity index (χ4n) is 1.75. The smallest absolute Gasteiger partial charge is 0.258 e. The van der Waals surface area contributed by atoms with Crippen molar-refractivity contribution in [3.05, 3.63) is 57.7 Å². The molecule has 2 heterocycles. The number of thiophene rings is 1. The van der Waals surface area contributed by atoms with Gasteiger partial charge < -0.3 is 0 Å². The zero-order valence-electron chi connectivity index (χ0n) is 10.2. The number of hydrogen-bond acceptors (Lipinski definition) is 6. The molecule has 0 radical (unpaired) electrons. The van der Waals surface area contributed by atoms with Gasteiger partial charge in [0.15, 0.2) is 0 Å².